The largest absolute Gasteiger partial charge is 0.396 e. The van der Waals surface area contributed by atoms with Crippen LogP contribution in [0.15, 0.2) is 47.6 Å². The Morgan fingerprint density at radius 1 is 1.19 bits per heavy atom. The highest BCUT2D eigenvalue weighted by Gasteiger charge is 2.16. The maximum Gasteiger partial charge on any atom is 0.240 e. The zero-order valence-electron chi connectivity index (χ0n) is 11.7. The van der Waals surface area contributed by atoms with Crippen LogP contribution in [0.3, 0.4) is 0 Å². The molecule has 0 saturated heterocycles. The van der Waals surface area contributed by atoms with Crippen molar-refractivity contribution in [2.45, 2.75) is 11.3 Å². The van der Waals surface area contributed by atoms with Crippen molar-refractivity contribution in [3.63, 3.8) is 0 Å². The molecule has 0 aliphatic carbocycles. The van der Waals surface area contributed by atoms with Crippen LogP contribution in [0.4, 0.5) is 11.4 Å². The molecule has 4 N–H and O–H groups in total. The molecule has 0 bridgehead atoms. The third kappa shape index (κ3) is 3.71. The maximum absolute atomic E-state index is 11.5. The number of nitrogens with zero attached hydrogens (tertiary/aromatic N) is 2. The lowest BCUT2D eigenvalue weighted by molar-refractivity contribution is 0.598. The van der Waals surface area contributed by atoms with E-state index in [-0.39, 0.29) is 10.6 Å². The van der Waals surface area contributed by atoms with Gasteiger partial charge < -0.3 is 10.6 Å². The van der Waals surface area contributed by atoms with Crippen molar-refractivity contribution in [1.29, 1.82) is 0 Å². The van der Waals surface area contributed by atoms with Crippen molar-refractivity contribution in [3.8, 4) is 0 Å². The van der Waals surface area contributed by atoms with Crippen LogP contribution in [-0.4, -0.2) is 27.0 Å². The summed E-state index contributed by atoms with van der Waals surface area (Å²) in [4.78, 5) is 5.83. The van der Waals surface area contributed by atoms with E-state index in [1.54, 1.807) is 24.5 Å². The predicted molar refractivity (Wildman–Crippen MR) is 83.4 cm³/mol. The van der Waals surface area contributed by atoms with Gasteiger partial charge in [-0.25, -0.2) is 13.6 Å². The minimum Gasteiger partial charge on any atom is -0.396 e. The second-order valence-corrected chi connectivity index (χ2v) is 6.29. The molecule has 21 heavy (non-hydrogen) atoms. The summed E-state index contributed by atoms with van der Waals surface area (Å²) in [7, 11) is -1.96. The highest BCUT2D eigenvalue weighted by atomic mass is 32.2. The van der Waals surface area contributed by atoms with Gasteiger partial charge in [0.05, 0.1) is 11.4 Å². The lowest BCUT2D eigenvalue weighted by Crippen LogP contribution is -2.23. The molecular weight excluding hydrogens is 288 g/mol. The van der Waals surface area contributed by atoms with Gasteiger partial charge in [-0.05, 0) is 36.2 Å². The van der Waals surface area contributed by atoms with Crippen molar-refractivity contribution < 1.29 is 8.42 Å². The van der Waals surface area contributed by atoms with E-state index in [1.807, 2.05) is 24.1 Å². The third-order valence-corrected chi connectivity index (χ3v) is 4.22. The quantitative estimate of drug-likeness (QED) is 0.802. The van der Waals surface area contributed by atoms with Crippen LogP contribution in [0.2, 0.25) is 0 Å². The lowest BCUT2D eigenvalue weighted by Gasteiger charge is -2.22. The molecule has 2 aromatic rings. The summed E-state index contributed by atoms with van der Waals surface area (Å²) in [5.74, 6) is 0. The molecule has 0 saturated carbocycles. The van der Waals surface area contributed by atoms with Crippen LogP contribution < -0.4 is 15.8 Å². The highest BCUT2D eigenvalue weighted by Crippen LogP contribution is 2.28. The summed E-state index contributed by atoms with van der Waals surface area (Å²) < 4.78 is 23.0. The molecule has 0 amide bonds. The summed E-state index contributed by atoms with van der Waals surface area (Å²) in [5, 5.41) is 5.16. The number of rotatable bonds is 5. The van der Waals surface area contributed by atoms with E-state index in [9.17, 15) is 8.42 Å². The number of hydrogen-bond acceptors (Lipinski definition) is 5. The molecule has 112 valence electrons. The molecule has 0 fully saturated rings. The highest BCUT2D eigenvalue weighted by molar-refractivity contribution is 7.89. The fourth-order valence-corrected chi connectivity index (χ4v) is 2.76. The summed E-state index contributed by atoms with van der Waals surface area (Å²) in [6.07, 6.45) is 4.29. The molecule has 1 heterocycles. The average molecular weight is 306 g/mol. The monoisotopic (exact) mass is 306 g/mol. The van der Waals surface area contributed by atoms with Gasteiger partial charge in [0, 0.05) is 26.0 Å². The number of likely N-dealkylation sites (N-methyl/N-ethyl adjacent to an activating group) is 1. The predicted octanol–water partition coefficient (Wildman–Crippen LogP) is 0.990. The van der Waals surface area contributed by atoms with Gasteiger partial charge in [-0.1, -0.05) is 6.07 Å². The molecule has 0 spiro atoms. The lowest BCUT2D eigenvalue weighted by atomic mass is 10.2. The Bertz CT molecular complexity index is 717. The van der Waals surface area contributed by atoms with Crippen LogP contribution in [-0.2, 0) is 16.4 Å². The molecule has 0 unspecified atom stereocenters. The Morgan fingerprint density at radius 3 is 2.48 bits per heavy atom. The Labute approximate surface area is 124 Å². The zero-order chi connectivity index (χ0) is 15.5. The van der Waals surface area contributed by atoms with Crippen molar-refractivity contribution >= 4 is 21.4 Å². The van der Waals surface area contributed by atoms with E-state index in [4.69, 9.17) is 10.9 Å². The van der Waals surface area contributed by atoms with Crippen molar-refractivity contribution in [2.24, 2.45) is 5.14 Å². The summed E-state index contributed by atoms with van der Waals surface area (Å²) in [5.41, 5.74) is 7.91. The molecule has 0 aliphatic rings. The van der Waals surface area contributed by atoms with Crippen LogP contribution in [0, 0.1) is 0 Å². The number of hydrogen-bond donors (Lipinski definition) is 2. The third-order valence-electron chi connectivity index (χ3n) is 3.25. The molecule has 7 heteroatoms. The Kier molecular flexibility index (Phi) is 4.44. The Morgan fingerprint density at radius 2 is 1.86 bits per heavy atom. The Hall–Kier alpha value is -2.12. The standard InChI is InChI=1S/C14H18N4O2S/c1-18(10-7-11-5-8-17-9-6-11)12-3-2-4-13(14(12)15)21(16,19)20/h2-6,8-9H,7,10,15H2,1H3,(H2,16,19,20). The minimum atomic E-state index is -3.82. The van der Waals surface area contributed by atoms with Crippen LogP contribution in [0.1, 0.15) is 5.56 Å². The van der Waals surface area contributed by atoms with Crippen LogP contribution in [0.25, 0.3) is 0 Å². The fraction of sp³-hybridized carbons (Fsp3) is 0.214. The molecule has 0 aliphatic heterocycles. The molecular formula is C14H18N4O2S. The number of para-hydroxylation sites is 1. The topological polar surface area (TPSA) is 102 Å². The number of nitrogens with two attached hydrogens (primary N) is 2. The van der Waals surface area contributed by atoms with E-state index in [0.717, 1.165) is 12.0 Å². The van der Waals surface area contributed by atoms with Gasteiger partial charge >= 0.3 is 0 Å². The van der Waals surface area contributed by atoms with Gasteiger partial charge in [-0.15, -0.1) is 0 Å². The number of nitrogen functional groups attached to an aromatic ring is 1. The molecule has 0 atom stereocenters. The van der Waals surface area contributed by atoms with Gasteiger partial charge in [0.15, 0.2) is 0 Å². The number of benzene rings is 1. The van der Waals surface area contributed by atoms with Gasteiger partial charge in [-0.2, -0.15) is 0 Å². The average Bonchev–Trinajstić information content (AvgIpc) is 2.45. The fourth-order valence-electron chi connectivity index (χ4n) is 2.08. The number of primary sulfonamides is 1. The molecule has 6 nitrogen and oxygen atoms in total. The second kappa shape index (κ2) is 6.11. The molecule has 2 rings (SSSR count). The van der Waals surface area contributed by atoms with E-state index >= 15 is 0 Å². The zero-order valence-corrected chi connectivity index (χ0v) is 12.5. The van der Waals surface area contributed by atoms with E-state index in [1.165, 1.54) is 6.07 Å². The minimum absolute atomic E-state index is 0.0456. The first-order chi connectivity index (χ1) is 9.89. The van der Waals surface area contributed by atoms with Gasteiger partial charge in [0.25, 0.3) is 0 Å². The molecule has 1 aromatic carbocycles. The number of aromatic nitrogens is 1. The summed E-state index contributed by atoms with van der Waals surface area (Å²) in [6.45, 7) is 0.697. The molecule has 0 radical (unpaired) electrons. The summed E-state index contributed by atoms with van der Waals surface area (Å²) in [6, 6.07) is 8.70. The maximum atomic E-state index is 11.5. The van der Waals surface area contributed by atoms with E-state index < -0.39 is 10.0 Å². The Balaban J connectivity index is 2.18. The SMILES string of the molecule is CN(CCc1ccncc1)c1cccc(S(N)(=O)=O)c1N. The van der Waals surface area contributed by atoms with Crippen LogP contribution in [0.5, 0.6) is 0 Å². The van der Waals surface area contributed by atoms with Crippen molar-refractivity contribution in [2.75, 3.05) is 24.2 Å². The van der Waals surface area contributed by atoms with Crippen LogP contribution >= 0.6 is 0 Å². The van der Waals surface area contributed by atoms with Gasteiger partial charge in [0.1, 0.15) is 4.90 Å². The van der Waals surface area contributed by atoms with Crippen molar-refractivity contribution in [1.82, 2.24) is 4.98 Å². The first-order valence-corrected chi connectivity index (χ1v) is 7.95. The van der Waals surface area contributed by atoms with Crippen molar-refractivity contribution in [3.05, 3.63) is 48.3 Å². The van der Waals surface area contributed by atoms with E-state index in [0.29, 0.717) is 12.2 Å². The summed E-state index contributed by atoms with van der Waals surface area (Å²) >= 11 is 0. The normalized spacial score (nSPS) is 11.3. The van der Waals surface area contributed by atoms with E-state index in [2.05, 4.69) is 4.98 Å². The first-order valence-electron chi connectivity index (χ1n) is 6.41. The second-order valence-electron chi connectivity index (χ2n) is 4.76. The van der Waals surface area contributed by atoms with Gasteiger partial charge in [0.2, 0.25) is 10.0 Å². The number of pyridine rings is 1. The smallest absolute Gasteiger partial charge is 0.240 e. The molecule has 1 aromatic heterocycles. The number of anilines is 2. The van der Waals surface area contributed by atoms with Gasteiger partial charge in [-0.3, -0.25) is 4.98 Å². The number of sulfonamides is 1. The first kappa shape index (κ1) is 15.3.